The average molecular weight is 414 g/mol. The molecule has 1 aliphatic carbocycles. The van der Waals surface area contributed by atoms with E-state index in [9.17, 15) is 12.8 Å². The topological polar surface area (TPSA) is 69.4 Å². The van der Waals surface area contributed by atoms with Gasteiger partial charge in [-0.1, -0.05) is 36.0 Å². The third-order valence-electron chi connectivity index (χ3n) is 4.80. The molecule has 2 aromatic carbocycles. The molecule has 8 heteroatoms. The summed E-state index contributed by atoms with van der Waals surface area (Å²) in [5.74, 6) is -0.916. The Balaban J connectivity index is 2.11. The van der Waals surface area contributed by atoms with Crippen LogP contribution in [0.1, 0.15) is 11.5 Å². The van der Waals surface area contributed by atoms with Gasteiger partial charge in [-0.2, -0.15) is 0 Å². The van der Waals surface area contributed by atoms with E-state index in [0.29, 0.717) is 10.6 Å². The first-order valence-corrected chi connectivity index (χ1v) is 10.1. The van der Waals surface area contributed by atoms with E-state index in [1.165, 1.54) is 43.5 Å². The van der Waals surface area contributed by atoms with Gasteiger partial charge in [0.05, 0.1) is 27.2 Å². The Morgan fingerprint density at radius 3 is 2.31 bits per heavy atom. The Morgan fingerprint density at radius 2 is 1.81 bits per heavy atom. The van der Waals surface area contributed by atoms with Gasteiger partial charge >= 0.3 is 0 Å². The van der Waals surface area contributed by atoms with Crippen LogP contribution in [0.5, 0.6) is 0 Å². The minimum atomic E-state index is -3.76. The van der Waals surface area contributed by atoms with E-state index in [1.54, 1.807) is 12.1 Å². The highest BCUT2D eigenvalue weighted by molar-refractivity contribution is 7.92. The number of sulfone groups is 1. The fraction of sp³-hybridized carbons (Fsp3) is 0.278. The van der Waals surface area contributed by atoms with Crippen LogP contribution >= 0.6 is 23.8 Å². The van der Waals surface area contributed by atoms with E-state index >= 15 is 0 Å². The van der Waals surface area contributed by atoms with E-state index in [-0.39, 0.29) is 16.5 Å². The summed E-state index contributed by atoms with van der Waals surface area (Å²) in [5, 5.41) is -0.452. The third-order valence-corrected chi connectivity index (χ3v) is 7.73. The van der Waals surface area contributed by atoms with Gasteiger partial charge in [0, 0.05) is 18.1 Å². The van der Waals surface area contributed by atoms with E-state index in [4.69, 9.17) is 34.3 Å². The largest absolute Gasteiger partial charge is 0.393 e. The molecule has 3 unspecified atom stereocenters. The zero-order valence-electron chi connectivity index (χ0n) is 13.9. The molecule has 26 heavy (non-hydrogen) atoms. The molecule has 3 atom stereocenters. The first kappa shape index (κ1) is 19.2. The van der Waals surface area contributed by atoms with Crippen LogP contribution in [0.15, 0.2) is 53.4 Å². The van der Waals surface area contributed by atoms with Crippen LogP contribution < -0.4 is 5.73 Å². The quantitative estimate of drug-likeness (QED) is 0.735. The molecule has 1 aliphatic rings. The zero-order chi connectivity index (χ0) is 19.1. The molecule has 0 saturated heterocycles. The third kappa shape index (κ3) is 3.03. The van der Waals surface area contributed by atoms with Gasteiger partial charge in [0.15, 0.2) is 9.84 Å². The highest BCUT2D eigenvalue weighted by atomic mass is 35.5. The summed E-state index contributed by atoms with van der Waals surface area (Å²) in [5.41, 5.74) is 5.57. The number of rotatable bonds is 6. The summed E-state index contributed by atoms with van der Waals surface area (Å²) in [7, 11) is -2.30. The van der Waals surface area contributed by atoms with Gasteiger partial charge in [-0.25, -0.2) is 12.8 Å². The van der Waals surface area contributed by atoms with Gasteiger partial charge in [-0.15, -0.1) is 0 Å². The van der Waals surface area contributed by atoms with Gasteiger partial charge < -0.3 is 10.5 Å². The zero-order valence-corrected chi connectivity index (χ0v) is 16.2. The molecular weight excluding hydrogens is 397 g/mol. The van der Waals surface area contributed by atoms with Gasteiger partial charge in [0.25, 0.3) is 0 Å². The van der Waals surface area contributed by atoms with Gasteiger partial charge in [0.1, 0.15) is 5.82 Å². The molecule has 0 spiro atoms. The van der Waals surface area contributed by atoms with Crippen LogP contribution in [-0.4, -0.2) is 32.4 Å². The maximum Gasteiger partial charge on any atom is 0.182 e. The van der Waals surface area contributed by atoms with Crippen molar-refractivity contribution in [2.75, 3.05) is 13.7 Å². The van der Waals surface area contributed by atoms with Crippen LogP contribution in [0.25, 0.3) is 0 Å². The van der Waals surface area contributed by atoms with Crippen LogP contribution in [-0.2, 0) is 14.6 Å². The number of thiocarbonyl (C=S) groups is 1. The summed E-state index contributed by atoms with van der Waals surface area (Å²) in [6.45, 7) is 0.0574. The van der Waals surface area contributed by atoms with E-state index in [2.05, 4.69) is 0 Å². The minimum Gasteiger partial charge on any atom is -0.393 e. The molecule has 0 aromatic heterocycles. The van der Waals surface area contributed by atoms with Crippen molar-refractivity contribution in [1.29, 1.82) is 0 Å². The lowest BCUT2D eigenvalue weighted by Crippen LogP contribution is -2.33. The second-order valence-corrected chi connectivity index (χ2v) is 9.23. The summed E-state index contributed by atoms with van der Waals surface area (Å²) in [6, 6.07) is 11.6. The number of ether oxygens (including phenoxy) is 1. The van der Waals surface area contributed by atoms with Crippen LogP contribution in [0.3, 0.4) is 0 Å². The molecule has 0 bridgehead atoms. The van der Waals surface area contributed by atoms with E-state index < -0.39 is 32.2 Å². The lowest BCUT2D eigenvalue weighted by atomic mass is 10.00. The predicted octanol–water partition coefficient (Wildman–Crippen LogP) is 3.34. The van der Waals surface area contributed by atoms with Gasteiger partial charge in [-0.3, -0.25) is 0 Å². The lowest BCUT2D eigenvalue weighted by molar-refractivity contribution is 0.166. The SMILES string of the molecule is COCC1(C(N)=S)C(c2ccc(F)cc2)C1S(=O)(=O)c1ccc(Cl)cc1. The summed E-state index contributed by atoms with van der Waals surface area (Å²) >= 11 is 11.1. The monoisotopic (exact) mass is 413 g/mol. The van der Waals surface area contributed by atoms with Crippen LogP contribution in [0.4, 0.5) is 4.39 Å². The number of hydrogen-bond donors (Lipinski definition) is 1. The molecule has 0 heterocycles. The normalized spacial score (nSPS) is 25.0. The van der Waals surface area contributed by atoms with E-state index in [0.717, 1.165) is 0 Å². The number of methoxy groups -OCH3 is 1. The molecule has 2 N–H and O–H groups in total. The first-order valence-electron chi connectivity index (χ1n) is 7.79. The molecule has 2 aromatic rings. The second-order valence-electron chi connectivity index (χ2n) is 6.29. The fourth-order valence-electron chi connectivity index (χ4n) is 3.55. The van der Waals surface area contributed by atoms with Crippen LogP contribution in [0, 0.1) is 11.2 Å². The number of halogens is 2. The molecule has 0 aliphatic heterocycles. The maximum atomic E-state index is 13.3. The van der Waals surface area contributed by atoms with Crippen molar-refractivity contribution in [3.63, 3.8) is 0 Å². The molecule has 1 saturated carbocycles. The molecule has 1 fully saturated rings. The predicted molar refractivity (Wildman–Crippen MR) is 103 cm³/mol. The Hall–Kier alpha value is -1.54. The average Bonchev–Trinajstić information content (AvgIpc) is 3.27. The first-order chi connectivity index (χ1) is 12.2. The molecule has 4 nitrogen and oxygen atoms in total. The molecule has 138 valence electrons. The van der Waals surface area contributed by atoms with Crippen molar-refractivity contribution in [2.24, 2.45) is 11.1 Å². The highest BCUT2D eigenvalue weighted by Crippen LogP contribution is 2.64. The Kier molecular flexibility index (Phi) is 5.09. The van der Waals surface area contributed by atoms with E-state index in [1.807, 2.05) is 0 Å². The van der Waals surface area contributed by atoms with Crippen molar-refractivity contribution in [1.82, 2.24) is 0 Å². The Labute approximate surface area is 162 Å². The summed E-state index contributed by atoms with van der Waals surface area (Å²) in [6.07, 6.45) is 0. The number of hydrogen-bond acceptors (Lipinski definition) is 4. The Morgan fingerprint density at radius 1 is 1.23 bits per heavy atom. The standard InChI is InChI=1S/C18H17ClFNO3S2/c1-24-10-18(17(21)25)15(11-2-6-13(20)7-3-11)16(18)26(22,23)14-8-4-12(19)5-9-14/h2-9,15-16H,10H2,1H3,(H2,21,25). The number of nitrogens with two attached hydrogens (primary N) is 1. The smallest absolute Gasteiger partial charge is 0.182 e. The fourth-order valence-corrected chi connectivity index (χ4v) is 6.45. The number of benzene rings is 2. The molecule has 0 radical (unpaired) electrons. The van der Waals surface area contributed by atoms with Gasteiger partial charge in [0.2, 0.25) is 0 Å². The van der Waals surface area contributed by atoms with Crippen molar-refractivity contribution in [3.05, 3.63) is 64.9 Å². The second kappa shape index (κ2) is 6.88. The van der Waals surface area contributed by atoms with Gasteiger partial charge in [-0.05, 0) is 42.0 Å². The van der Waals surface area contributed by atoms with Crippen LogP contribution in [0.2, 0.25) is 5.02 Å². The summed E-state index contributed by atoms with van der Waals surface area (Å²) < 4.78 is 45.1. The molecule has 0 amide bonds. The molecular formula is C18H17ClFNO3S2. The van der Waals surface area contributed by atoms with Crippen molar-refractivity contribution < 1.29 is 17.5 Å². The maximum absolute atomic E-state index is 13.3. The van der Waals surface area contributed by atoms with Crippen molar-refractivity contribution in [2.45, 2.75) is 16.1 Å². The summed E-state index contributed by atoms with van der Waals surface area (Å²) in [4.78, 5) is 0.199. The van der Waals surface area contributed by atoms with Crippen molar-refractivity contribution >= 4 is 38.6 Å². The van der Waals surface area contributed by atoms with Crippen molar-refractivity contribution in [3.8, 4) is 0 Å². The Bertz CT molecular complexity index is 932. The minimum absolute atomic E-state index is 0.0574. The lowest BCUT2D eigenvalue weighted by Gasteiger charge is -2.16. The highest BCUT2D eigenvalue weighted by Gasteiger charge is 2.73. The molecule has 3 rings (SSSR count).